The molecule has 0 saturated heterocycles. The maximum absolute atomic E-state index is 12.6. The third-order valence-corrected chi connectivity index (χ3v) is 7.02. The Morgan fingerprint density at radius 1 is 0.630 bits per heavy atom. The number of thiophene rings is 1. The van der Waals surface area contributed by atoms with Gasteiger partial charge in [0.05, 0.1) is 9.75 Å². The van der Waals surface area contributed by atoms with E-state index in [0.29, 0.717) is 9.75 Å². The highest BCUT2D eigenvalue weighted by Crippen LogP contribution is 2.21. The molecule has 3 rings (SSSR count). The van der Waals surface area contributed by atoms with E-state index in [2.05, 4.69) is 10.6 Å². The van der Waals surface area contributed by atoms with Gasteiger partial charge in [0, 0.05) is 12.1 Å². The number of amides is 2. The zero-order valence-corrected chi connectivity index (χ0v) is 17.3. The molecular formula is C22H34N2O2S. The van der Waals surface area contributed by atoms with E-state index < -0.39 is 0 Å². The van der Waals surface area contributed by atoms with E-state index in [0.717, 1.165) is 25.7 Å². The summed E-state index contributed by atoms with van der Waals surface area (Å²) in [7, 11) is 0. The van der Waals surface area contributed by atoms with Crippen molar-refractivity contribution in [3.05, 3.63) is 21.9 Å². The average molecular weight is 391 g/mol. The minimum Gasteiger partial charge on any atom is -0.349 e. The average Bonchev–Trinajstić information content (AvgIpc) is 3.09. The van der Waals surface area contributed by atoms with Crippen LogP contribution in [0, 0.1) is 0 Å². The number of nitrogens with one attached hydrogen (secondary N) is 2. The lowest BCUT2D eigenvalue weighted by molar-refractivity contribution is 0.0927. The van der Waals surface area contributed by atoms with Crippen molar-refractivity contribution >= 4 is 23.2 Å². The van der Waals surface area contributed by atoms with Gasteiger partial charge in [0.25, 0.3) is 11.8 Å². The number of hydrogen-bond acceptors (Lipinski definition) is 3. The van der Waals surface area contributed by atoms with Gasteiger partial charge in [0.2, 0.25) is 0 Å². The molecule has 5 heteroatoms. The Kier molecular flexibility index (Phi) is 8.18. The van der Waals surface area contributed by atoms with Gasteiger partial charge in [0.15, 0.2) is 0 Å². The highest BCUT2D eigenvalue weighted by Gasteiger charge is 2.20. The van der Waals surface area contributed by atoms with Gasteiger partial charge < -0.3 is 10.6 Å². The summed E-state index contributed by atoms with van der Waals surface area (Å²) in [5.74, 6) is -0.0360. The van der Waals surface area contributed by atoms with E-state index in [1.165, 1.54) is 75.5 Å². The second-order valence-corrected chi connectivity index (χ2v) is 9.28. The largest absolute Gasteiger partial charge is 0.349 e. The molecule has 27 heavy (non-hydrogen) atoms. The molecule has 0 spiro atoms. The van der Waals surface area contributed by atoms with Crippen molar-refractivity contribution in [1.29, 1.82) is 0 Å². The number of hydrogen-bond donors (Lipinski definition) is 2. The fraction of sp³-hybridized carbons (Fsp3) is 0.727. The van der Waals surface area contributed by atoms with Gasteiger partial charge in [-0.05, 0) is 37.8 Å². The van der Waals surface area contributed by atoms with Crippen molar-refractivity contribution in [2.75, 3.05) is 0 Å². The molecule has 0 aromatic carbocycles. The van der Waals surface area contributed by atoms with Gasteiger partial charge in [-0.1, -0.05) is 64.2 Å². The van der Waals surface area contributed by atoms with Gasteiger partial charge in [-0.2, -0.15) is 0 Å². The topological polar surface area (TPSA) is 58.2 Å². The quantitative estimate of drug-likeness (QED) is 0.720. The van der Waals surface area contributed by atoms with Crippen LogP contribution >= 0.6 is 11.3 Å². The normalized spacial score (nSPS) is 20.7. The molecule has 0 aliphatic heterocycles. The zero-order valence-electron chi connectivity index (χ0n) is 16.4. The summed E-state index contributed by atoms with van der Waals surface area (Å²) < 4.78 is 0. The molecule has 2 aliphatic rings. The molecule has 0 unspecified atom stereocenters. The lowest BCUT2D eigenvalue weighted by Crippen LogP contribution is -2.35. The summed E-state index contributed by atoms with van der Waals surface area (Å²) in [5.41, 5.74) is 0. The molecule has 2 N–H and O–H groups in total. The highest BCUT2D eigenvalue weighted by molar-refractivity contribution is 7.15. The van der Waals surface area contributed by atoms with Crippen LogP contribution in [0.5, 0.6) is 0 Å². The van der Waals surface area contributed by atoms with Gasteiger partial charge in [0.1, 0.15) is 0 Å². The van der Waals surface area contributed by atoms with Crippen LogP contribution < -0.4 is 10.6 Å². The first kappa shape index (κ1) is 20.4. The van der Waals surface area contributed by atoms with Gasteiger partial charge in [-0.3, -0.25) is 9.59 Å². The van der Waals surface area contributed by atoms with Crippen LogP contribution in [0.4, 0.5) is 0 Å². The molecule has 2 saturated carbocycles. The first-order valence-electron chi connectivity index (χ1n) is 10.9. The second-order valence-electron chi connectivity index (χ2n) is 8.19. The summed E-state index contributed by atoms with van der Waals surface area (Å²) in [6.07, 6.45) is 16.8. The van der Waals surface area contributed by atoms with E-state index in [9.17, 15) is 9.59 Å². The first-order chi connectivity index (χ1) is 13.2. The Bertz CT molecular complexity index is 547. The molecular weight excluding hydrogens is 356 g/mol. The Labute approximate surface area is 167 Å². The third kappa shape index (κ3) is 6.63. The van der Waals surface area contributed by atoms with Crippen molar-refractivity contribution in [2.45, 2.75) is 102 Å². The van der Waals surface area contributed by atoms with Crippen LogP contribution in [0.2, 0.25) is 0 Å². The lowest BCUT2D eigenvalue weighted by atomic mass is 9.96. The second kappa shape index (κ2) is 10.8. The van der Waals surface area contributed by atoms with E-state index in [-0.39, 0.29) is 23.9 Å². The summed E-state index contributed by atoms with van der Waals surface area (Å²) in [6.45, 7) is 0. The van der Waals surface area contributed by atoms with Gasteiger partial charge >= 0.3 is 0 Å². The molecule has 1 heterocycles. The Hall–Kier alpha value is -1.36. The lowest BCUT2D eigenvalue weighted by Gasteiger charge is -2.21. The van der Waals surface area contributed by atoms with Crippen LogP contribution in [-0.2, 0) is 0 Å². The summed E-state index contributed by atoms with van der Waals surface area (Å²) in [4.78, 5) is 26.5. The van der Waals surface area contributed by atoms with Crippen LogP contribution in [0.1, 0.15) is 109 Å². The molecule has 0 bridgehead atoms. The minimum atomic E-state index is -0.0180. The van der Waals surface area contributed by atoms with E-state index in [1.807, 2.05) is 0 Å². The maximum atomic E-state index is 12.6. The number of carbonyl (C=O) groups excluding carboxylic acids is 2. The SMILES string of the molecule is O=C(NC1CCCCCCC1)c1ccc(C(=O)NC2CCCCCCC2)s1. The molecule has 2 fully saturated rings. The van der Waals surface area contributed by atoms with Crippen molar-refractivity contribution in [3.8, 4) is 0 Å². The Morgan fingerprint density at radius 3 is 1.33 bits per heavy atom. The summed E-state index contributed by atoms with van der Waals surface area (Å²) >= 11 is 1.32. The molecule has 4 nitrogen and oxygen atoms in total. The van der Waals surface area contributed by atoms with Crippen LogP contribution in [0.25, 0.3) is 0 Å². The molecule has 0 atom stereocenters. The third-order valence-electron chi connectivity index (χ3n) is 5.93. The summed E-state index contributed by atoms with van der Waals surface area (Å²) in [5, 5.41) is 6.38. The fourth-order valence-corrected chi connectivity index (χ4v) is 5.11. The van der Waals surface area contributed by atoms with Crippen molar-refractivity contribution in [2.24, 2.45) is 0 Å². The summed E-state index contributed by atoms with van der Waals surface area (Å²) in [6, 6.07) is 4.17. The van der Waals surface area contributed by atoms with Gasteiger partial charge in [-0.15, -0.1) is 11.3 Å². The van der Waals surface area contributed by atoms with E-state index in [4.69, 9.17) is 0 Å². The smallest absolute Gasteiger partial charge is 0.261 e. The molecule has 2 amide bonds. The Balaban J connectivity index is 1.51. The standard InChI is InChI=1S/C22H34N2O2S/c25-21(23-17-11-7-3-1-4-8-12-17)19-15-16-20(27-19)22(26)24-18-13-9-5-2-6-10-14-18/h15-18H,1-14H2,(H,23,25)(H,24,26). The van der Waals surface area contributed by atoms with Crippen molar-refractivity contribution < 1.29 is 9.59 Å². The van der Waals surface area contributed by atoms with E-state index in [1.54, 1.807) is 12.1 Å². The number of carbonyl (C=O) groups is 2. The molecule has 0 radical (unpaired) electrons. The molecule has 2 aliphatic carbocycles. The highest BCUT2D eigenvalue weighted by atomic mass is 32.1. The van der Waals surface area contributed by atoms with Crippen LogP contribution in [0.15, 0.2) is 12.1 Å². The molecule has 150 valence electrons. The van der Waals surface area contributed by atoms with E-state index >= 15 is 0 Å². The molecule has 1 aromatic rings. The van der Waals surface area contributed by atoms with Crippen molar-refractivity contribution in [3.63, 3.8) is 0 Å². The van der Waals surface area contributed by atoms with Gasteiger partial charge in [-0.25, -0.2) is 0 Å². The maximum Gasteiger partial charge on any atom is 0.261 e. The minimum absolute atomic E-state index is 0.0180. The first-order valence-corrected chi connectivity index (χ1v) is 11.8. The fourth-order valence-electron chi connectivity index (χ4n) is 4.30. The van der Waals surface area contributed by atoms with Crippen LogP contribution in [-0.4, -0.2) is 23.9 Å². The zero-order chi connectivity index (χ0) is 18.9. The monoisotopic (exact) mass is 390 g/mol. The van der Waals surface area contributed by atoms with Crippen molar-refractivity contribution in [1.82, 2.24) is 10.6 Å². The number of rotatable bonds is 4. The predicted molar refractivity (Wildman–Crippen MR) is 111 cm³/mol. The van der Waals surface area contributed by atoms with Crippen LogP contribution in [0.3, 0.4) is 0 Å². The molecule has 1 aromatic heterocycles. The predicted octanol–water partition coefficient (Wildman–Crippen LogP) is 5.43. The Morgan fingerprint density at radius 2 is 0.963 bits per heavy atom.